The molecule has 0 saturated carbocycles. The molecule has 1 aliphatic heterocycles. The zero-order chi connectivity index (χ0) is 23.5. The van der Waals surface area contributed by atoms with E-state index < -0.39 is 5.97 Å². The Morgan fingerprint density at radius 3 is 2.42 bits per heavy atom. The topological polar surface area (TPSA) is 112 Å². The molecule has 0 atom stereocenters. The van der Waals surface area contributed by atoms with Gasteiger partial charge in [-0.25, -0.2) is 4.79 Å². The molecule has 9 nitrogen and oxygen atoms in total. The van der Waals surface area contributed by atoms with Crippen molar-refractivity contribution in [2.45, 2.75) is 33.4 Å². The van der Waals surface area contributed by atoms with E-state index in [-0.39, 0.29) is 36.4 Å². The van der Waals surface area contributed by atoms with Crippen LogP contribution in [0.2, 0.25) is 0 Å². The van der Waals surface area contributed by atoms with Gasteiger partial charge in [0.25, 0.3) is 17.7 Å². The number of amides is 2. The smallest absolute Gasteiger partial charge is 0.342 e. The van der Waals surface area contributed by atoms with Gasteiger partial charge in [0.1, 0.15) is 11.3 Å². The van der Waals surface area contributed by atoms with E-state index in [1.807, 2.05) is 13.8 Å². The van der Waals surface area contributed by atoms with E-state index in [4.69, 9.17) is 14.0 Å². The third-order valence-electron chi connectivity index (χ3n) is 5.13. The molecule has 3 aromatic rings. The minimum absolute atomic E-state index is 0.0127. The molecule has 0 saturated heterocycles. The Balaban J connectivity index is 1.48. The molecule has 2 aromatic carbocycles. The fraction of sp³-hybridized carbons (Fsp3) is 0.292. The van der Waals surface area contributed by atoms with Crippen molar-refractivity contribution >= 4 is 17.8 Å². The van der Waals surface area contributed by atoms with Gasteiger partial charge < -0.3 is 14.0 Å². The molecule has 33 heavy (non-hydrogen) atoms. The van der Waals surface area contributed by atoms with E-state index in [0.717, 1.165) is 4.90 Å². The van der Waals surface area contributed by atoms with Crippen molar-refractivity contribution in [1.82, 2.24) is 15.0 Å². The number of ether oxygens (including phenoxy) is 2. The molecule has 1 aromatic heterocycles. The van der Waals surface area contributed by atoms with E-state index >= 15 is 0 Å². The van der Waals surface area contributed by atoms with Gasteiger partial charge in [-0.05, 0) is 35.7 Å². The first-order valence-corrected chi connectivity index (χ1v) is 10.5. The van der Waals surface area contributed by atoms with Crippen molar-refractivity contribution in [3.8, 4) is 5.75 Å². The predicted molar refractivity (Wildman–Crippen MR) is 116 cm³/mol. The molecular weight excluding hydrogens is 426 g/mol. The third-order valence-corrected chi connectivity index (χ3v) is 5.13. The average molecular weight is 449 g/mol. The molecular formula is C24H23N3O6. The summed E-state index contributed by atoms with van der Waals surface area (Å²) in [6, 6.07) is 11.5. The summed E-state index contributed by atoms with van der Waals surface area (Å²) in [7, 11) is 1.44. The van der Waals surface area contributed by atoms with Crippen molar-refractivity contribution in [3.05, 3.63) is 76.4 Å². The van der Waals surface area contributed by atoms with Gasteiger partial charge in [-0.1, -0.05) is 37.2 Å². The van der Waals surface area contributed by atoms with Crippen LogP contribution in [0.4, 0.5) is 0 Å². The molecule has 0 bridgehead atoms. The van der Waals surface area contributed by atoms with E-state index in [1.54, 1.807) is 42.5 Å². The van der Waals surface area contributed by atoms with Crippen LogP contribution in [0.15, 0.2) is 47.0 Å². The van der Waals surface area contributed by atoms with E-state index in [2.05, 4.69) is 10.1 Å². The number of esters is 1. The highest BCUT2D eigenvalue weighted by atomic mass is 16.6. The number of benzene rings is 2. The Hall–Kier alpha value is -4.01. The SMILES string of the molecule is COc1ccc(CN2C(=O)c3ccccc3C2=O)cc1C(=O)OCc1nc(CC(C)C)no1. The fourth-order valence-electron chi connectivity index (χ4n) is 3.58. The summed E-state index contributed by atoms with van der Waals surface area (Å²) < 4.78 is 15.7. The van der Waals surface area contributed by atoms with Gasteiger partial charge in [0, 0.05) is 6.42 Å². The van der Waals surface area contributed by atoms with Crippen molar-refractivity contribution in [2.75, 3.05) is 7.11 Å². The maximum atomic E-state index is 12.7. The summed E-state index contributed by atoms with van der Waals surface area (Å²) in [5.74, 6) is 0.0222. The van der Waals surface area contributed by atoms with Crippen molar-refractivity contribution in [2.24, 2.45) is 5.92 Å². The van der Waals surface area contributed by atoms with Crippen LogP contribution < -0.4 is 4.74 Å². The van der Waals surface area contributed by atoms with Crippen LogP contribution in [-0.4, -0.2) is 39.9 Å². The Morgan fingerprint density at radius 1 is 1.09 bits per heavy atom. The molecule has 0 N–H and O–H groups in total. The van der Waals surface area contributed by atoms with E-state index in [0.29, 0.717) is 40.6 Å². The second kappa shape index (κ2) is 9.23. The minimum atomic E-state index is -0.653. The summed E-state index contributed by atoms with van der Waals surface area (Å²) in [5, 5.41) is 3.87. The van der Waals surface area contributed by atoms with Crippen molar-refractivity contribution in [1.29, 1.82) is 0 Å². The van der Waals surface area contributed by atoms with Gasteiger partial charge in [0.15, 0.2) is 12.4 Å². The molecule has 0 radical (unpaired) electrons. The van der Waals surface area contributed by atoms with Crippen LogP contribution in [0.25, 0.3) is 0 Å². The van der Waals surface area contributed by atoms with Crippen LogP contribution in [0.1, 0.15) is 62.2 Å². The molecule has 0 unspecified atom stereocenters. The Labute approximate surface area is 190 Å². The second-order valence-corrected chi connectivity index (χ2v) is 8.06. The highest BCUT2D eigenvalue weighted by Crippen LogP contribution is 2.27. The molecule has 9 heteroatoms. The number of carbonyl (C=O) groups excluding carboxylic acids is 3. The number of carbonyl (C=O) groups is 3. The summed E-state index contributed by atoms with van der Waals surface area (Å²) in [5.41, 5.74) is 1.47. The Kier molecular flexibility index (Phi) is 6.21. The number of methoxy groups -OCH3 is 1. The lowest BCUT2D eigenvalue weighted by Crippen LogP contribution is -2.29. The Bertz CT molecular complexity index is 1180. The lowest BCUT2D eigenvalue weighted by Gasteiger charge is -2.15. The lowest BCUT2D eigenvalue weighted by atomic mass is 10.1. The van der Waals surface area contributed by atoms with Crippen molar-refractivity contribution in [3.63, 3.8) is 0 Å². The maximum Gasteiger partial charge on any atom is 0.342 e. The molecule has 4 rings (SSSR count). The Morgan fingerprint density at radius 2 is 1.79 bits per heavy atom. The monoisotopic (exact) mass is 449 g/mol. The van der Waals surface area contributed by atoms with Gasteiger partial charge in [0.2, 0.25) is 0 Å². The van der Waals surface area contributed by atoms with Gasteiger partial charge in [-0.3, -0.25) is 14.5 Å². The van der Waals surface area contributed by atoms with Crippen LogP contribution in [0.5, 0.6) is 5.75 Å². The number of rotatable bonds is 8. The van der Waals surface area contributed by atoms with E-state index in [1.165, 1.54) is 7.11 Å². The van der Waals surface area contributed by atoms with Gasteiger partial charge in [-0.15, -0.1) is 0 Å². The molecule has 170 valence electrons. The third kappa shape index (κ3) is 4.62. The first-order valence-electron chi connectivity index (χ1n) is 10.5. The largest absolute Gasteiger partial charge is 0.496 e. The first kappa shape index (κ1) is 22.2. The van der Waals surface area contributed by atoms with Gasteiger partial charge in [-0.2, -0.15) is 4.98 Å². The van der Waals surface area contributed by atoms with Gasteiger partial charge in [0.05, 0.1) is 24.8 Å². The minimum Gasteiger partial charge on any atom is -0.496 e. The second-order valence-electron chi connectivity index (χ2n) is 8.06. The molecule has 0 fully saturated rings. The standard InChI is InChI=1S/C24H23N3O6/c1-14(2)10-20-25-21(33-26-20)13-32-24(30)18-11-15(8-9-19(18)31-3)12-27-22(28)16-6-4-5-7-17(16)23(27)29/h4-9,11,14H,10,12-13H2,1-3H3. The fourth-order valence-corrected chi connectivity index (χ4v) is 3.58. The van der Waals surface area contributed by atoms with Crippen LogP contribution in [0.3, 0.4) is 0 Å². The molecule has 1 aliphatic rings. The summed E-state index contributed by atoms with van der Waals surface area (Å²) in [4.78, 5) is 43.4. The maximum absolute atomic E-state index is 12.7. The zero-order valence-electron chi connectivity index (χ0n) is 18.5. The molecule has 2 amide bonds. The lowest BCUT2D eigenvalue weighted by molar-refractivity contribution is 0.0426. The highest BCUT2D eigenvalue weighted by Gasteiger charge is 2.35. The number of hydrogen-bond donors (Lipinski definition) is 0. The van der Waals surface area contributed by atoms with Crippen LogP contribution in [0, 0.1) is 5.92 Å². The summed E-state index contributed by atoms with van der Waals surface area (Å²) in [6.07, 6.45) is 0.658. The highest BCUT2D eigenvalue weighted by molar-refractivity contribution is 6.21. The van der Waals surface area contributed by atoms with Gasteiger partial charge >= 0.3 is 5.97 Å². The number of hydrogen-bond acceptors (Lipinski definition) is 8. The summed E-state index contributed by atoms with van der Waals surface area (Å²) in [6.45, 7) is 3.91. The number of fused-ring (bicyclic) bond motifs is 1. The number of nitrogens with zero attached hydrogens (tertiary/aromatic N) is 3. The van der Waals surface area contributed by atoms with Crippen LogP contribution >= 0.6 is 0 Å². The number of imide groups is 1. The summed E-state index contributed by atoms with van der Waals surface area (Å²) >= 11 is 0. The van der Waals surface area contributed by atoms with Crippen LogP contribution in [-0.2, 0) is 24.3 Å². The molecule has 2 heterocycles. The first-order chi connectivity index (χ1) is 15.9. The van der Waals surface area contributed by atoms with Crippen molar-refractivity contribution < 1.29 is 28.4 Å². The molecule has 0 spiro atoms. The zero-order valence-corrected chi connectivity index (χ0v) is 18.5. The molecule has 0 aliphatic carbocycles. The van der Waals surface area contributed by atoms with E-state index in [9.17, 15) is 14.4 Å². The predicted octanol–water partition coefficient (Wildman–Crippen LogP) is 3.43. The quantitative estimate of drug-likeness (QED) is 0.380. The average Bonchev–Trinajstić information content (AvgIpc) is 3.35. The number of aromatic nitrogens is 2. The normalized spacial score (nSPS) is 12.9.